The number of piperazine rings is 1. The number of hydrogen-bond donors (Lipinski definition) is 2. The standard InChI is InChI=1S/C18H30N2O2/c1-5-22-17-7-6-14(12-15(17)18(2,3)4)16(21)13-20-10-8-19-9-11-20/h6-7,12,16,19,21H,5,8-11,13H2,1-4H3. The van der Waals surface area contributed by atoms with Gasteiger partial charge in [-0.25, -0.2) is 0 Å². The van der Waals surface area contributed by atoms with E-state index in [1.807, 2.05) is 19.1 Å². The summed E-state index contributed by atoms with van der Waals surface area (Å²) >= 11 is 0. The Hall–Kier alpha value is -1.10. The first-order valence-electron chi connectivity index (χ1n) is 8.30. The third-order valence-corrected chi connectivity index (χ3v) is 4.14. The summed E-state index contributed by atoms with van der Waals surface area (Å²) < 4.78 is 5.75. The van der Waals surface area contributed by atoms with Crippen molar-refractivity contribution in [3.05, 3.63) is 29.3 Å². The Kier molecular flexibility index (Phi) is 5.84. The number of benzene rings is 1. The lowest BCUT2D eigenvalue weighted by Gasteiger charge is -2.30. The average molecular weight is 306 g/mol. The molecule has 1 atom stereocenters. The zero-order valence-electron chi connectivity index (χ0n) is 14.4. The van der Waals surface area contributed by atoms with E-state index in [1.54, 1.807) is 0 Å². The van der Waals surface area contributed by atoms with Gasteiger partial charge in [-0.3, -0.25) is 4.90 Å². The molecule has 1 heterocycles. The van der Waals surface area contributed by atoms with Crippen LogP contribution in [-0.2, 0) is 5.41 Å². The maximum Gasteiger partial charge on any atom is 0.123 e. The highest BCUT2D eigenvalue weighted by Crippen LogP contribution is 2.33. The minimum atomic E-state index is -0.449. The fourth-order valence-electron chi connectivity index (χ4n) is 2.87. The number of hydrogen-bond acceptors (Lipinski definition) is 4. The second-order valence-corrected chi connectivity index (χ2v) is 7.01. The molecule has 0 spiro atoms. The maximum absolute atomic E-state index is 10.6. The third kappa shape index (κ3) is 4.45. The molecule has 4 nitrogen and oxygen atoms in total. The van der Waals surface area contributed by atoms with E-state index in [0.717, 1.165) is 43.1 Å². The Morgan fingerprint density at radius 1 is 1.27 bits per heavy atom. The summed E-state index contributed by atoms with van der Waals surface area (Å²) in [7, 11) is 0. The Morgan fingerprint density at radius 3 is 2.55 bits per heavy atom. The normalized spacial score (nSPS) is 18.2. The highest BCUT2D eigenvalue weighted by Gasteiger charge is 2.22. The van der Waals surface area contributed by atoms with E-state index in [-0.39, 0.29) is 5.41 Å². The van der Waals surface area contributed by atoms with Crippen molar-refractivity contribution in [2.45, 2.75) is 39.2 Å². The summed E-state index contributed by atoms with van der Waals surface area (Å²) in [6, 6.07) is 6.10. The Balaban J connectivity index is 2.16. The van der Waals surface area contributed by atoms with Crippen LogP contribution in [0.3, 0.4) is 0 Å². The monoisotopic (exact) mass is 306 g/mol. The van der Waals surface area contributed by atoms with Gasteiger partial charge in [-0.05, 0) is 35.6 Å². The fourth-order valence-corrected chi connectivity index (χ4v) is 2.87. The van der Waals surface area contributed by atoms with Crippen molar-refractivity contribution in [3.63, 3.8) is 0 Å². The minimum absolute atomic E-state index is 0.00468. The first-order valence-corrected chi connectivity index (χ1v) is 8.30. The predicted molar refractivity (Wildman–Crippen MR) is 90.6 cm³/mol. The molecule has 22 heavy (non-hydrogen) atoms. The van der Waals surface area contributed by atoms with Crippen LogP contribution in [0.2, 0.25) is 0 Å². The molecule has 124 valence electrons. The Morgan fingerprint density at radius 2 is 1.95 bits per heavy atom. The van der Waals surface area contributed by atoms with Gasteiger partial charge in [-0.2, -0.15) is 0 Å². The minimum Gasteiger partial charge on any atom is -0.494 e. The molecule has 2 rings (SSSR count). The van der Waals surface area contributed by atoms with E-state index < -0.39 is 6.10 Å². The van der Waals surface area contributed by atoms with Crippen molar-refractivity contribution in [2.24, 2.45) is 0 Å². The molecule has 1 aliphatic heterocycles. The molecule has 0 radical (unpaired) electrons. The zero-order chi connectivity index (χ0) is 16.2. The second-order valence-electron chi connectivity index (χ2n) is 7.01. The zero-order valence-corrected chi connectivity index (χ0v) is 14.4. The molecule has 1 unspecified atom stereocenters. The van der Waals surface area contributed by atoms with E-state index in [1.165, 1.54) is 0 Å². The van der Waals surface area contributed by atoms with Gasteiger partial charge in [0.05, 0.1) is 12.7 Å². The molecule has 1 aliphatic rings. The average Bonchev–Trinajstić information content (AvgIpc) is 2.48. The largest absolute Gasteiger partial charge is 0.494 e. The number of aliphatic hydroxyl groups is 1. The lowest BCUT2D eigenvalue weighted by molar-refractivity contribution is 0.105. The van der Waals surface area contributed by atoms with Gasteiger partial charge in [0.15, 0.2) is 0 Å². The van der Waals surface area contributed by atoms with Crippen LogP contribution in [0.1, 0.15) is 44.9 Å². The first kappa shape index (κ1) is 17.3. The van der Waals surface area contributed by atoms with Gasteiger partial charge in [0, 0.05) is 32.7 Å². The van der Waals surface area contributed by atoms with Crippen LogP contribution in [0.5, 0.6) is 5.75 Å². The van der Waals surface area contributed by atoms with Crippen molar-refractivity contribution in [2.75, 3.05) is 39.3 Å². The van der Waals surface area contributed by atoms with Gasteiger partial charge in [-0.1, -0.05) is 26.8 Å². The van der Waals surface area contributed by atoms with Crippen LogP contribution in [0, 0.1) is 0 Å². The summed E-state index contributed by atoms with van der Waals surface area (Å²) in [5, 5.41) is 13.9. The van der Waals surface area contributed by atoms with Crippen LogP contribution in [0.15, 0.2) is 18.2 Å². The summed E-state index contributed by atoms with van der Waals surface area (Å²) in [4.78, 5) is 2.31. The summed E-state index contributed by atoms with van der Waals surface area (Å²) in [6.07, 6.45) is -0.449. The highest BCUT2D eigenvalue weighted by molar-refractivity contribution is 5.42. The Bertz CT molecular complexity index is 476. The maximum atomic E-state index is 10.6. The van der Waals surface area contributed by atoms with E-state index in [9.17, 15) is 5.11 Å². The van der Waals surface area contributed by atoms with Crippen LogP contribution in [0.4, 0.5) is 0 Å². The van der Waals surface area contributed by atoms with Crippen molar-refractivity contribution in [1.82, 2.24) is 10.2 Å². The molecule has 1 aromatic carbocycles. The lowest BCUT2D eigenvalue weighted by atomic mass is 9.84. The highest BCUT2D eigenvalue weighted by atomic mass is 16.5. The van der Waals surface area contributed by atoms with Crippen LogP contribution >= 0.6 is 0 Å². The lowest BCUT2D eigenvalue weighted by Crippen LogP contribution is -2.44. The van der Waals surface area contributed by atoms with Crippen LogP contribution in [-0.4, -0.2) is 49.3 Å². The third-order valence-electron chi connectivity index (χ3n) is 4.14. The van der Waals surface area contributed by atoms with Crippen molar-refractivity contribution in [1.29, 1.82) is 0 Å². The quantitative estimate of drug-likeness (QED) is 0.876. The Labute approximate surface area is 134 Å². The van der Waals surface area contributed by atoms with Gasteiger partial charge in [0.25, 0.3) is 0 Å². The van der Waals surface area contributed by atoms with Crippen LogP contribution in [0.25, 0.3) is 0 Å². The topological polar surface area (TPSA) is 44.7 Å². The number of β-amino-alcohol motifs (C(OH)–C–C–N with tert-alkyl or cyclic N) is 1. The number of rotatable bonds is 5. The smallest absolute Gasteiger partial charge is 0.123 e. The molecule has 0 bridgehead atoms. The van der Waals surface area contributed by atoms with E-state index >= 15 is 0 Å². The molecule has 4 heteroatoms. The molecular weight excluding hydrogens is 276 g/mol. The second kappa shape index (κ2) is 7.44. The van der Waals surface area contributed by atoms with E-state index in [4.69, 9.17) is 4.74 Å². The number of ether oxygens (including phenoxy) is 1. The van der Waals surface area contributed by atoms with Gasteiger partial charge in [-0.15, -0.1) is 0 Å². The summed E-state index contributed by atoms with van der Waals surface area (Å²) in [5.74, 6) is 0.924. The summed E-state index contributed by atoms with van der Waals surface area (Å²) in [6.45, 7) is 13.9. The number of nitrogens with one attached hydrogen (secondary N) is 1. The summed E-state index contributed by atoms with van der Waals surface area (Å²) in [5.41, 5.74) is 2.13. The molecule has 0 aromatic heterocycles. The predicted octanol–water partition coefficient (Wildman–Crippen LogP) is 2.32. The molecule has 0 aliphatic carbocycles. The molecular formula is C18H30N2O2. The van der Waals surface area contributed by atoms with Crippen molar-refractivity contribution >= 4 is 0 Å². The van der Waals surface area contributed by atoms with Gasteiger partial charge in [0.1, 0.15) is 5.75 Å². The molecule has 2 N–H and O–H groups in total. The van der Waals surface area contributed by atoms with Crippen molar-refractivity contribution in [3.8, 4) is 5.75 Å². The number of aliphatic hydroxyl groups excluding tert-OH is 1. The van der Waals surface area contributed by atoms with Gasteiger partial charge in [0.2, 0.25) is 0 Å². The molecule has 1 aromatic rings. The van der Waals surface area contributed by atoms with E-state index in [2.05, 4.69) is 37.1 Å². The van der Waals surface area contributed by atoms with Crippen molar-refractivity contribution < 1.29 is 9.84 Å². The first-order chi connectivity index (χ1) is 10.4. The molecule has 0 saturated carbocycles. The SMILES string of the molecule is CCOc1ccc(C(O)CN2CCNCC2)cc1C(C)(C)C. The van der Waals surface area contributed by atoms with E-state index in [0.29, 0.717) is 13.2 Å². The molecule has 1 saturated heterocycles. The molecule has 0 amide bonds. The van der Waals surface area contributed by atoms with Gasteiger partial charge >= 0.3 is 0 Å². The van der Waals surface area contributed by atoms with Gasteiger partial charge < -0.3 is 15.2 Å². The fraction of sp³-hybridized carbons (Fsp3) is 0.667. The van der Waals surface area contributed by atoms with Crippen LogP contribution < -0.4 is 10.1 Å². The molecule has 1 fully saturated rings. The number of nitrogens with zero attached hydrogens (tertiary/aromatic N) is 1.